The lowest BCUT2D eigenvalue weighted by Gasteiger charge is -2.38. The minimum absolute atomic E-state index is 0.116. The molecule has 98 valence electrons. The molecule has 4 heteroatoms. The number of nitrogens with zero attached hydrogens (tertiary/aromatic N) is 1. The zero-order chi connectivity index (χ0) is 12.8. The molecule has 0 bridgehead atoms. The molecule has 1 fully saturated rings. The third-order valence-corrected chi connectivity index (χ3v) is 2.82. The molecule has 0 aromatic heterocycles. The first-order chi connectivity index (χ1) is 7.40. The van der Waals surface area contributed by atoms with Crippen LogP contribution < -0.4 is 0 Å². The van der Waals surface area contributed by atoms with Crippen LogP contribution in [0.3, 0.4) is 0 Å². The molecule has 1 nitrogen and oxygen atoms in total. The van der Waals surface area contributed by atoms with E-state index in [1.54, 1.807) is 4.90 Å². The second-order valence-corrected chi connectivity index (χ2v) is 4.39. The molecule has 0 aliphatic carbocycles. The average molecular weight is 239 g/mol. The van der Waals surface area contributed by atoms with Gasteiger partial charge in [0.05, 0.1) is 6.54 Å². The Kier molecular flexibility index (Phi) is 7.04. The van der Waals surface area contributed by atoms with Gasteiger partial charge >= 0.3 is 6.18 Å². The zero-order valence-corrected chi connectivity index (χ0v) is 10.8. The van der Waals surface area contributed by atoms with Gasteiger partial charge in [-0.1, -0.05) is 34.1 Å². The normalized spacial score (nSPS) is 22.9. The van der Waals surface area contributed by atoms with Crippen LogP contribution in [0.1, 0.15) is 47.0 Å². The molecule has 1 heterocycles. The lowest BCUT2D eigenvalue weighted by atomic mass is 9.93. The zero-order valence-electron chi connectivity index (χ0n) is 10.8. The maximum Gasteiger partial charge on any atom is 0.401 e. The van der Waals surface area contributed by atoms with Gasteiger partial charge < -0.3 is 0 Å². The van der Waals surface area contributed by atoms with Crippen molar-refractivity contribution in [1.29, 1.82) is 0 Å². The van der Waals surface area contributed by atoms with Crippen molar-refractivity contribution < 1.29 is 13.2 Å². The maximum atomic E-state index is 12.2. The van der Waals surface area contributed by atoms with Crippen molar-refractivity contribution >= 4 is 0 Å². The Labute approximate surface area is 97.0 Å². The molecule has 1 aliphatic rings. The van der Waals surface area contributed by atoms with Crippen LogP contribution in [0.25, 0.3) is 0 Å². The van der Waals surface area contributed by atoms with Gasteiger partial charge in [0.2, 0.25) is 0 Å². The molecule has 0 N–H and O–H groups in total. The van der Waals surface area contributed by atoms with Crippen LogP contribution >= 0.6 is 0 Å². The monoisotopic (exact) mass is 239 g/mol. The lowest BCUT2D eigenvalue weighted by Crippen LogP contribution is -2.47. The van der Waals surface area contributed by atoms with Crippen LogP contribution in [-0.2, 0) is 0 Å². The summed E-state index contributed by atoms with van der Waals surface area (Å²) in [4.78, 5) is 1.59. The molecule has 1 saturated heterocycles. The molecule has 16 heavy (non-hydrogen) atoms. The summed E-state index contributed by atoms with van der Waals surface area (Å²) in [5.74, 6) is 0.317. The second-order valence-electron chi connectivity index (χ2n) is 4.39. The van der Waals surface area contributed by atoms with Gasteiger partial charge in [-0.25, -0.2) is 0 Å². The first kappa shape index (κ1) is 15.8. The number of hydrogen-bond donors (Lipinski definition) is 0. The molecule has 1 atom stereocenters. The second kappa shape index (κ2) is 7.15. The van der Waals surface area contributed by atoms with Gasteiger partial charge in [-0.15, -0.1) is 0 Å². The van der Waals surface area contributed by atoms with E-state index >= 15 is 0 Å². The van der Waals surface area contributed by atoms with E-state index in [-0.39, 0.29) is 6.04 Å². The van der Waals surface area contributed by atoms with Crippen LogP contribution in [-0.4, -0.2) is 30.2 Å². The van der Waals surface area contributed by atoms with Crippen molar-refractivity contribution in [3.63, 3.8) is 0 Å². The highest BCUT2D eigenvalue weighted by molar-refractivity contribution is 4.80. The molecule has 0 aromatic rings. The molecular weight excluding hydrogens is 215 g/mol. The Bertz CT molecular complexity index is 178. The summed E-state index contributed by atoms with van der Waals surface area (Å²) in [6, 6.07) is 0.116. The largest absolute Gasteiger partial charge is 0.401 e. The summed E-state index contributed by atoms with van der Waals surface area (Å²) in [6.07, 6.45) is -1.17. The summed E-state index contributed by atoms with van der Waals surface area (Å²) in [7, 11) is 0. The number of likely N-dealkylation sites (tertiary alicyclic amines) is 1. The number of rotatable bonds is 2. The molecule has 1 rings (SSSR count). The molecular formula is C12H24F3N. The van der Waals surface area contributed by atoms with Crippen molar-refractivity contribution in [3.05, 3.63) is 0 Å². The van der Waals surface area contributed by atoms with Crippen LogP contribution in [0.2, 0.25) is 0 Å². The standard InChI is InChI=1S/C10H18F3N.C2H6/c1-8(2)9-5-3-4-6-14(9)7-10(11,12)13;1-2/h8-9H,3-7H2,1-2H3;1-2H3. The summed E-state index contributed by atoms with van der Waals surface area (Å²) >= 11 is 0. The minimum atomic E-state index is -4.05. The van der Waals surface area contributed by atoms with Gasteiger partial charge in [0.25, 0.3) is 0 Å². The molecule has 1 aliphatic heterocycles. The average Bonchev–Trinajstić information content (AvgIpc) is 2.19. The fourth-order valence-electron chi connectivity index (χ4n) is 2.20. The molecule has 0 aromatic carbocycles. The SMILES string of the molecule is CC.CC(C)C1CCCCN1CC(F)(F)F. The van der Waals surface area contributed by atoms with Crippen LogP contribution in [0.4, 0.5) is 13.2 Å². The number of piperidine rings is 1. The molecule has 0 saturated carbocycles. The Morgan fingerprint density at radius 1 is 1.19 bits per heavy atom. The smallest absolute Gasteiger partial charge is 0.292 e. The van der Waals surface area contributed by atoms with Crippen molar-refractivity contribution in [2.24, 2.45) is 5.92 Å². The van der Waals surface area contributed by atoms with Gasteiger partial charge in [0, 0.05) is 6.04 Å². The highest BCUT2D eigenvalue weighted by Crippen LogP contribution is 2.27. The van der Waals surface area contributed by atoms with E-state index in [0.29, 0.717) is 12.5 Å². The van der Waals surface area contributed by atoms with E-state index in [9.17, 15) is 13.2 Å². The number of alkyl halides is 3. The third-order valence-electron chi connectivity index (χ3n) is 2.82. The quantitative estimate of drug-likeness (QED) is 0.701. The molecule has 1 unspecified atom stereocenters. The van der Waals surface area contributed by atoms with Crippen molar-refractivity contribution in [2.45, 2.75) is 59.2 Å². The Balaban J connectivity index is 0.00000106. The Morgan fingerprint density at radius 3 is 2.19 bits per heavy atom. The topological polar surface area (TPSA) is 3.24 Å². The first-order valence-electron chi connectivity index (χ1n) is 6.21. The summed E-state index contributed by atoms with van der Waals surface area (Å²) in [5, 5.41) is 0. The highest BCUT2D eigenvalue weighted by atomic mass is 19.4. The number of halogens is 3. The van der Waals surface area contributed by atoms with E-state index in [1.807, 2.05) is 27.7 Å². The van der Waals surface area contributed by atoms with Gasteiger partial charge in [0.1, 0.15) is 0 Å². The van der Waals surface area contributed by atoms with Gasteiger partial charge in [-0.3, -0.25) is 4.90 Å². The van der Waals surface area contributed by atoms with Gasteiger partial charge in [-0.05, 0) is 25.3 Å². The van der Waals surface area contributed by atoms with E-state index in [4.69, 9.17) is 0 Å². The fourth-order valence-corrected chi connectivity index (χ4v) is 2.20. The minimum Gasteiger partial charge on any atom is -0.292 e. The van der Waals surface area contributed by atoms with E-state index in [1.165, 1.54) is 0 Å². The fraction of sp³-hybridized carbons (Fsp3) is 1.00. The lowest BCUT2D eigenvalue weighted by molar-refractivity contribution is -0.155. The predicted octanol–water partition coefficient (Wildman–Crippen LogP) is 4.09. The van der Waals surface area contributed by atoms with Crippen molar-refractivity contribution in [3.8, 4) is 0 Å². The van der Waals surface area contributed by atoms with Gasteiger partial charge in [-0.2, -0.15) is 13.2 Å². The summed E-state index contributed by atoms with van der Waals surface area (Å²) < 4.78 is 36.7. The van der Waals surface area contributed by atoms with E-state index in [2.05, 4.69) is 0 Å². The molecule has 0 radical (unpaired) electrons. The van der Waals surface area contributed by atoms with Crippen molar-refractivity contribution in [1.82, 2.24) is 4.90 Å². The Hall–Kier alpha value is -0.250. The third kappa shape index (κ3) is 5.73. The first-order valence-corrected chi connectivity index (χ1v) is 6.21. The van der Waals surface area contributed by atoms with Crippen LogP contribution in [0, 0.1) is 5.92 Å². The Morgan fingerprint density at radius 2 is 1.75 bits per heavy atom. The van der Waals surface area contributed by atoms with Crippen LogP contribution in [0.15, 0.2) is 0 Å². The van der Waals surface area contributed by atoms with Crippen LogP contribution in [0.5, 0.6) is 0 Å². The van der Waals surface area contributed by atoms with Crippen molar-refractivity contribution in [2.75, 3.05) is 13.1 Å². The summed E-state index contributed by atoms with van der Waals surface area (Å²) in [5.41, 5.74) is 0. The number of hydrogen-bond acceptors (Lipinski definition) is 1. The molecule has 0 amide bonds. The summed E-state index contributed by atoms with van der Waals surface area (Å²) in [6.45, 7) is 7.86. The van der Waals surface area contributed by atoms with E-state index in [0.717, 1.165) is 19.3 Å². The van der Waals surface area contributed by atoms with Gasteiger partial charge in [0.15, 0.2) is 0 Å². The predicted molar refractivity (Wildman–Crippen MR) is 61.5 cm³/mol. The highest BCUT2D eigenvalue weighted by Gasteiger charge is 2.35. The molecule has 0 spiro atoms. The van der Waals surface area contributed by atoms with E-state index < -0.39 is 12.7 Å². The maximum absolute atomic E-state index is 12.2.